The molecule has 1 aliphatic heterocycles. The number of rotatable bonds is 2. The lowest BCUT2D eigenvalue weighted by atomic mass is 10.1. The summed E-state index contributed by atoms with van der Waals surface area (Å²) in [5.74, 6) is -2.69. The van der Waals surface area contributed by atoms with Gasteiger partial charge in [-0.3, -0.25) is 9.78 Å². The summed E-state index contributed by atoms with van der Waals surface area (Å²) in [6.07, 6.45) is 0.240. The van der Waals surface area contributed by atoms with Crippen LogP contribution in [0.2, 0.25) is 0 Å². The van der Waals surface area contributed by atoms with Crippen LogP contribution in [-0.2, 0) is 14.3 Å². The van der Waals surface area contributed by atoms with Crippen LogP contribution in [-0.4, -0.2) is 71.6 Å². The Labute approximate surface area is 147 Å². The van der Waals surface area contributed by atoms with Crippen LogP contribution < -0.4 is 0 Å². The summed E-state index contributed by atoms with van der Waals surface area (Å²) in [4.78, 5) is 27.3. The second-order valence-corrected chi connectivity index (χ2v) is 5.79. The van der Waals surface area contributed by atoms with Gasteiger partial charge in [-0.15, -0.1) is 0 Å². The summed E-state index contributed by atoms with van der Waals surface area (Å²) in [5.41, 5.74) is 0.691. The first-order valence-electron chi connectivity index (χ1n) is 7.91. The molecule has 1 N–H and O–H groups in total. The average Bonchev–Trinajstić information content (AvgIpc) is 3.05. The fraction of sp³-hybridized carbons (Fsp3) is 0.562. The molecule has 144 valence electrons. The summed E-state index contributed by atoms with van der Waals surface area (Å²) in [7, 11) is 1.71. The van der Waals surface area contributed by atoms with E-state index in [0.29, 0.717) is 18.7 Å². The van der Waals surface area contributed by atoms with Gasteiger partial charge in [-0.1, -0.05) is 0 Å². The first kappa shape index (κ1) is 20.1. The van der Waals surface area contributed by atoms with E-state index in [1.165, 1.54) is 0 Å². The Morgan fingerprint density at radius 1 is 1.31 bits per heavy atom. The van der Waals surface area contributed by atoms with E-state index >= 15 is 0 Å². The molecule has 1 aromatic rings. The highest BCUT2D eigenvalue weighted by Gasteiger charge is 2.44. The van der Waals surface area contributed by atoms with Crippen LogP contribution in [0.5, 0.6) is 0 Å². The Hall–Kier alpha value is -2.20. The maximum absolute atomic E-state index is 12.5. The summed E-state index contributed by atoms with van der Waals surface area (Å²) in [5, 5.41) is 7.12. The largest absolute Gasteiger partial charge is 0.490 e. The molecule has 0 unspecified atom stereocenters. The van der Waals surface area contributed by atoms with E-state index in [-0.39, 0.29) is 24.2 Å². The van der Waals surface area contributed by atoms with Gasteiger partial charge in [0.15, 0.2) is 0 Å². The van der Waals surface area contributed by atoms with E-state index in [1.54, 1.807) is 31.6 Å². The number of aromatic nitrogens is 1. The van der Waals surface area contributed by atoms with Crippen molar-refractivity contribution in [1.82, 2.24) is 9.88 Å². The third-order valence-corrected chi connectivity index (χ3v) is 4.27. The van der Waals surface area contributed by atoms with Crippen molar-refractivity contribution >= 4 is 11.9 Å². The molecule has 1 amide bonds. The predicted octanol–water partition coefficient (Wildman–Crippen LogP) is 1.73. The molecule has 1 saturated heterocycles. The van der Waals surface area contributed by atoms with Gasteiger partial charge in [-0.2, -0.15) is 13.2 Å². The lowest BCUT2D eigenvalue weighted by molar-refractivity contribution is -0.192. The number of ether oxygens (including phenoxy) is 2. The van der Waals surface area contributed by atoms with E-state index in [2.05, 4.69) is 4.98 Å². The van der Waals surface area contributed by atoms with E-state index in [4.69, 9.17) is 19.4 Å². The maximum atomic E-state index is 12.5. The van der Waals surface area contributed by atoms with E-state index in [1.807, 2.05) is 4.90 Å². The standard InChI is InChI=1S/C14H18N2O3.C2HF3O2/c1-18-12-3-2-11-13(12)19-9-8-16(11)14(17)10-4-6-15-7-5-10;3-2(4,5)1(6)7/h4-7,11-13H,2-3,8-9H2,1H3;(H,6,7)/t11-,12+,13+;/m0./s1. The maximum Gasteiger partial charge on any atom is 0.490 e. The number of carbonyl (C=O) groups excluding carboxylic acids is 1. The van der Waals surface area contributed by atoms with Crippen LogP contribution in [0.25, 0.3) is 0 Å². The molecule has 1 saturated carbocycles. The minimum absolute atomic E-state index is 0.0181. The Morgan fingerprint density at radius 3 is 2.46 bits per heavy atom. The monoisotopic (exact) mass is 376 g/mol. The van der Waals surface area contributed by atoms with Gasteiger partial charge in [0.05, 0.1) is 18.8 Å². The van der Waals surface area contributed by atoms with Crippen LogP contribution in [0.3, 0.4) is 0 Å². The van der Waals surface area contributed by atoms with Crippen molar-refractivity contribution in [1.29, 1.82) is 0 Å². The Morgan fingerprint density at radius 2 is 1.92 bits per heavy atom. The molecule has 1 aromatic heterocycles. The van der Waals surface area contributed by atoms with Gasteiger partial charge in [-0.05, 0) is 25.0 Å². The zero-order chi connectivity index (χ0) is 19.3. The summed E-state index contributed by atoms with van der Waals surface area (Å²) < 4.78 is 43.0. The second-order valence-electron chi connectivity index (χ2n) is 5.79. The van der Waals surface area contributed by atoms with Crippen LogP contribution in [0.15, 0.2) is 24.5 Å². The van der Waals surface area contributed by atoms with Crippen molar-refractivity contribution in [3.05, 3.63) is 30.1 Å². The minimum Gasteiger partial charge on any atom is -0.475 e. The molecule has 2 heterocycles. The van der Waals surface area contributed by atoms with Crippen molar-refractivity contribution in [2.24, 2.45) is 0 Å². The first-order valence-corrected chi connectivity index (χ1v) is 7.91. The molecular weight excluding hydrogens is 357 g/mol. The highest BCUT2D eigenvalue weighted by atomic mass is 19.4. The second kappa shape index (κ2) is 8.45. The molecule has 3 atom stereocenters. The number of hydrogen-bond donors (Lipinski definition) is 1. The molecule has 2 fully saturated rings. The van der Waals surface area contributed by atoms with Crippen LogP contribution in [0.1, 0.15) is 23.2 Å². The lowest BCUT2D eigenvalue weighted by Gasteiger charge is -2.38. The van der Waals surface area contributed by atoms with E-state index in [0.717, 1.165) is 12.8 Å². The molecule has 10 heteroatoms. The quantitative estimate of drug-likeness (QED) is 0.846. The molecule has 0 radical (unpaired) electrons. The Balaban J connectivity index is 0.000000298. The molecule has 0 spiro atoms. The molecule has 2 aliphatic rings. The molecule has 26 heavy (non-hydrogen) atoms. The van der Waals surface area contributed by atoms with Gasteiger partial charge < -0.3 is 19.5 Å². The number of halogens is 3. The van der Waals surface area contributed by atoms with Crippen LogP contribution >= 0.6 is 0 Å². The van der Waals surface area contributed by atoms with Gasteiger partial charge in [-0.25, -0.2) is 4.79 Å². The number of morpholine rings is 1. The van der Waals surface area contributed by atoms with Gasteiger partial charge in [0.25, 0.3) is 5.91 Å². The third kappa shape index (κ3) is 4.70. The molecule has 3 rings (SSSR count). The van der Waals surface area contributed by atoms with Crippen molar-refractivity contribution < 1.29 is 37.3 Å². The fourth-order valence-corrected chi connectivity index (χ4v) is 3.08. The number of amides is 1. The third-order valence-electron chi connectivity index (χ3n) is 4.27. The summed E-state index contributed by atoms with van der Waals surface area (Å²) in [6, 6.07) is 3.66. The van der Waals surface area contributed by atoms with E-state index in [9.17, 15) is 18.0 Å². The Bertz CT molecular complexity index is 626. The van der Waals surface area contributed by atoms with Crippen molar-refractivity contribution in [2.75, 3.05) is 20.3 Å². The molecule has 0 bridgehead atoms. The number of carboxylic acids is 1. The predicted molar refractivity (Wildman–Crippen MR) is 82.5 cm³/mol. The van der Waals surface area contributed by atoms with Crippen molar-refractivity contribution in [3.8, 4) is 0 Å². The van der Waals surface area contributed by atoms with Crippen LogP contribution in [0.4, 0.5) is 13.2 Å². The first-order chi connectivity index (χ1) is 12.3. The number of fused-ring (bicyclic) bond motifs is 1. The van der Waals surface area contributed by atoms with Gasteiger partial charge in [0.2, 0.25) is 0 Å². The van der Waals surface area contributed by atoms with E-state index < -0.39 is 12.1 Å². The minimum atomic E-state index is -5.08. The number of alkyl halides is 3. The number of pyridine rings is 1. The number of carboxylic acid groups (broad SMARTS) is 1. The van der Waals surface area contributed by atoms with Gasteiger partial charge in [0, 0.05) is 31.6 Å². The van der Waals surface area contributed by atoms with Crippen molar-refractivity contribution in [2.45, 2.75) is 37.3 Å². The smallest absolute Gasteiger partial charge is 0.475 e. The normalized spacial score (nSPS) is 25.1. The zero-order valence-electron chi connectivity index (χ0n) is 14.0. The number of aliphatic carboxylic acids is 1. The summed E-state index contributed by atoms with van der Waals surface area (Å²) in [6.45, 7) is 1.23. The lowest BCUT2D eigenvalue weighted by Crippen LogP contribution is -2.53. The zero-order valence-corrected chi connectivity index (χ0v) is 14.0. The average molecular weight is 376 g/mol. The van der Waals surface area contributed by atoms with Gasteiger partial charge >= 0.3 is 12.1 Å². The molecular formula is C16H19F3N2O5. The summed E-state index contributed by atoms with van der Waals surface area (Å²) >= 11 is 0. The van der Waals surface area contributed by atoms with Gasteiger partial charge in [0.1, 0.15) is 6.10 Å². The molecule has 0 aromatic carbocycles. The highest BCUT2D eigenvalue weighted by molar-refractivity contribution is 5.94. The molecule has 1 aliphatic carbocycles. The Kier molecular flexibility index (Phi) is 6.54. The number of methoxy groups -OCH3 is 1. The fourth-order valence-electron chi connectivity index (χ4n) is 3.08. The SMILES string of the molecule is CO[C@@H]1CC[C@H]2[C@H]1OCCN2C(=O)c1ccncc1.O=C(O)C(F)(F)F. The van der Waals surface area contributed by atoms with Crippen molar-refractivity contribution in [3.63, 3.8) is 0 Å². The number of hydrogen-bond acceptors (Lipinski definition) is 5. The number of carbonyl (C=O) groups is 2. The van der Waals surface area contributed by atoms with Crippen LogP contribution in [0, 0.1) is 0 Å². The molecule has 7 nitrogen and oxygen atoms in total. The number of nitrogens with zero attached hydrogens (tertiary/aromatic N) is 2. The topological polar surface area (TPSA) is 89.0 Å². The highest BCUT2D eigenvalue weighted by Crippen LogP contribution is 2.32.